The molecule has 7 heteroatoms. The molecule has 2 heterocycles. The summed E-state index contributed by atoms with van der Waals surface area (Å²) in [5.41, 5.74) is 3.92. The third kappa shape index (κ3) is 3.41. The number of anilines is 1. The first-order valence-corrected chi connectivity index (χ1v) is 9.00. The normalized spacial score (nSPS) is 10.7. The second-order valence-electron chi connectivity index (χ2n) is 5.81. The SMILES string of the molecule is COc1ccc(-c2ccccc2)c2nc(NC(=O)c3ccnc(Br)c3)[nH]c12. The molecule has 134 valence electrons. The van der Waals surface area contributed by atoms with E-state index in [0.29, 0.717) is 21.9 Å². The molecule has 1 amide bonds. The maximum absolute atomic E-state index is 12.5. The molecule has 0 spiro atoms. The van der Waals surface area contributed by atoms with Gasteiger partial charge in [-0.1, -0.05) is 30.3 Å². The highest BCUT2D eigenvalue weighted by atomic mass is 79.9. The van der Waals surface area contributed by atoms with Gasteiger partial charge < -0.3 is 9.72 Å². The van der Waals surface area contributed by atoms with Crippen LogP contribution < -0.4 is 10.1 Å². The van der Waals surface area contributed by atoms with E-state index in [0.717, 1.165) is 22.2 Å². The monoisotopic (exact) mass is 422 g/mol. The number of pyridine rings is 1. The summed E-state index contributed by atoms with van der Waals surface area (Å²) in [4.78, 5) is 24.3. The Kier molecular flexibility index (Phi) is 4.60. The Morgan fingerprint density at radius 3 is 2.70 bits per heavy atom. The molecule has 4 rings (SSSR count). The van der Waals surface area contributed by atoms with E-state index in [1.165, 1.54) is 0 Å². The van der Waals surface area contributed by atoms with Crippen molar-refractivity contribution in [3.05, 3.63) is 71.0 Å². The van der Waals surface area contributed by atoms with Crippen LogP contribution in [-0.4, -0.2) is 28.0 Å². The van der Waals surface area contributed by atoms with Gasteiger partial charge in [-0.25, -0.2) is 9.97 Å². The number of hydrogen-bond donors (Lipinski definition) is 2. The second kappa shape index (κ2) is 7.20. The predicted octanol–water partition coefficient (Wildman–Crippen LogP) is 4.65. The van der Waals surface area contributed by atoms with Gasteiger partial charge >= 0.3 is 0 Å². The van der Waals surface area contributed by atoms with Crippen molar-refractivity contribution in [3.63, 3.8) is 0 Å². The maximum Gasteiger partial charge on any atom is 0.258 e. The Bertz CT molecular complexity index is 1130. The smallest absolute Gasteiger partial charge is 0.258 e. The third-order valence-electron chi connectivity index (χ3n) is 4.13. The van der Waals surface area contributed by atoms with Crippen molar-refractivity contribution < 1.29 is 9.53 Å². The standard InChI is InChI=1S/C20H15BrN4O2/c1-27-15-8-7-14(12-5-3-2-4-6-12)17-18(15)24-20(23-17)25-19(26)13-9-10-22-16(21)11-13/h2-11H,1H3,(H2,23,24,25,26). The van der Waals surface area contributed by atoms with E-state index < -0.39 is 0 Å². The summed E-state index contributed by atoms with van der Waals surface area (Å²) in [6.45, 7) is 0. The van der Waals surface area contributed by atoms with Gasteiger partial charge in [0.1, 0.15) is 21.4 Å². The second-order valence-corrected chi connectivity index (χ2v) is 6.62. The quantitative estimate of drug-likeness (QED) is 0.469. The van der Waals surface area contributed by atoms with Gasteiger partial charge in [-0.15, -0.1) is 0 Å². The number of carbonyl (C=O) groups is 1. The van der Waals surface area contributed by atoms with E-state index in [2.05, 4.69) is 36.2 Å². The summed E-state index contributed by atoms with van der Waals surface area (Å²) in [6.07, 6.45) is 1.56. The number of rotatable bonds is 4. The molecule has 4 aromatic rings. The van der Waals surface area contributed by atoms with Crippen LogP contribution in [0.4, 0.5) is 5.95 Å². The molecule has 0 saturated carbocycles. The zero-order valence-electron chi connectivity index (χ0n) is 14.4. The van der Waals surface area contributed by atoms with Gasteiger partial charge in [-0.3, -0.25) is 10.1 Å². The van der Waals surface area contributed by atoms with Crippen LogP contribution in [0.5, 0.6) is 5.75 Å². The van der Waals surface area contributed by atoms with Crippen LogP contribution in [0.1, 0.15) is 10.4 Å². The summed E-state index contributed by atoms with van der Waals surface area (Å²) in [5, 5.41) is 2.80. The molecule has 0 aliphatic rings. The van der Waals surface area contributed by atoms with Gasteiger partial charge in [0, 0.05) is 17.3 Å². The van der Waals surface area contributed by atoms with Gasteiger partial charge in [0.25, 0.3) is 5.91 Å². The minimum Gasteiger partial charge on any atom is -0.494 e. The number of nitrogens with one attached hydrogen (secondary N) is 2. The van der Waals surface area contributed by atoms with E-state index in [-0.39, 0.29) is 5.91 Å². The highest BCUT2D eigenvalue weighted by molar-refractivity contribution is 9.10. The molecule has 0 aliphatic carbocycles. The number of fused-ring (bicyclic) bond motifs is 1. The van der Waals surface area contributed by atoms with Gasteiger partial charge in [0.15, 0.2) is 0 Å². The van der Waals surface area contributed by atoms with E-state index in [1.54, 1.807) is 25.4 Å². The number of aromatic amines is 1. The molecule has 0 bridgehead atoms. The van der Waals surface area contributed by atoms with Crippen LogP contribution in [0.3, 0.4) is 0 Å². The minimum absolute atomic E-state index is 0.280. The van der Waals surface area contributed by atoms with Crippen LogP contribution >= 0.6 is 15.9 Å². The molecule has 6 nitrogen and oxygen atoms in total. The molecule has 0 radical (unpaired) electrons. The number of ether oxygens (including phenoxy) is 1. The summed E-state index contributed by atoms with van der Waals surface area (Å²) in [7, 11) is 1.60. The van der Waals surface area contributed by atoms with Gasteiger partial charge in [-0.05, 0) is 45.8 Å². The molecule has 2 N–H and O–H groups in total. The van der Waals surface area contributed by atoms with Crippen molar-refractivity contribution in [2.24, 2.45) is 0 Å². The van der Waals surface area contributed by atoms with E-state index >= 15 is 0 Å². The average Bonchev–Trinajstić information content (AvgIpc) is 3.11. The number of hydrogen-bond acceptors (Lipinski definition) is 4. The van der Waals surface area contributed by atoms with Crippen LogP contribution in [0.2, 0.25) is 0 Å². The molecule has 0 aliphatic heterocycles. The number of halogens is 1. The summed E-state index contributed by atoms with van der Waals surface area (Å²) in [5.74, 6) is 0.728. The number of carbonyl (C=O) groups excluding carboxylic acids is 1. The summed E-state index contributed by atoms with van der Waals surface area (Å²) >= 11 is 3.27. The lowest BCUT2D eigenvalue weighted by Crippen LogP contribution is -2.13. The first-order valence-electron chi connectivity index (χ1n) is 8.21. The lowest BCUT2D eigenvalue weighted by molar-refractivity contribution is 0.102. The highest BCUT2D eigenvalue weighted by Crippen LogP contribution is 2.33. The lowest BCUT2D eigenvalue weighted by Gasteiger charge is -2.05. The van der Waals surface area contributed by atoms with Crippen LogP contribution in [0.15, 0.2) is 65.4 Å². The van der Waals surface area contributed by atoms with Crippen molar-refractivity contribution in [3.8, 4) is 16.9 Å². The summed E-state index contributed by atoms with van der Waals surface area (Å²) in [6, 6.07) is 17.1. The number of amides is 1. The number of aromatic nitrogens is 3. The first-order chi connectivity index (χ1) is 13.2. The Morgan fingerprint density at radius 2 is 1.96 bits per heavy atom. The molecule has 2 aromatic carbocycles. The average molecular weight is 423 g/mol. The fourth-order valence-corrected chi connectivity index (χ4v) is 3.24. The minimum atomic E-state index is -0.280. The van der Waals surface area contributed by atoms with Crippen molar-refractivity contribution in [1.82, 2.24) is 15.0 Å². The Balaban J connectivity index is 1.76. The van der Waals surface area contributed by atoms with E-state index in [1.807, 2.05) is 42.5 Å². The first kappa shape index (κ1) is 17.2. The van der Waals surface area contributed by atoms with Crippen molar-refractivity contribution in [1.29, 1.82) is 0 Å². The predicted molar refractivity (Wildman–Crippen MR) is 108 cm³/mol. The number of benzene rings is 2. The molecule has 0 atom stereocenters. The van der Waals surface area contributed by atoms with Crippen LogP contribution in [0, 0.1) is 0 Å². The fourth-order valence-electron chi connectivity index (χ4n) is 2.87. The maximum atomic E-state index is 12.5. The fraction of sp³-hybridized carbons (Fsp3) is 0.0500. The van der Waals surface area contributed by atoms with E-state index in [9.17, 15) is 4.79 Å². The Morgan fingerprint density at radius 1 is 1.15 bits per heavy atom. The Hall–Kier alpha value is -3.19. The van der Waals surface area contributed by atoms with Gasteiger partial charge in [-0.2, -0.15) is 0 Å². The lowest BCUT2D eigenvalue weighted by atomic mass is 10.0. The molecule has 0 unspecified atom stereocenters. The number of imidazole rings is 1. The molecular weight excluding hydrogens is 408 g/mol. The Labute approximate surface area is 163 Å². The molecule has 27 heavy (non-hydrogen) atoms. The zero-order valence-corrected chi connectivity index (χ0v) is 15.9. The molecule has 0 saturated heterocycles. The molecule has 2 aromatic heterocycles. The van der Waals surface area contributed by atoms with Crippen molar-refractivity contribution in [2.45, 2.75) is 0 Å². The van der Waals surface area contributed by atoms with Crippen LogP contribution in [0.25, 0.3) is 22.2 Å². The van der Waals surface area contributed by atoms with E-state index in [4.69, 9.17) is 4.74 Å². The molecule has 0 fully saturated rings. The topological polar surface area (TPSA) is 79.9 Å². The number of nitrogens with zero attached hydrogens (tertiary/aromatic N) is 2. The van der Waals surface area contributed by atoms with Crippen molar-refractivity contribution >= 4 is 38.8 Å². The zero-order chi connectivity index (χ0) is 18.8. The highest BCUT2D eigenvalue weighted by Gasteiger charge is 2.15. The summed E-state index contributed by atoms with van der Waals surface area (Å²) < 4.78 is 6.03. The van der Waals surface area contributed by atoms with Gasteiger partial charge in [0.05, 0.1) is 7.11 Å². The molecular formula is C20H15BrN4O2. The number of H-pyrrole nitrogens is 1. The van der Waals surface area contributed by atoms with Crippen molar-refractivity contribution in [2.75, 3.05) is 12.4 Å². The largest absolute Gasteiger partial charge is 0.494 e. The van der Waals surface area contributed by atoms with Crippen LogP contribution in [-0.2, 0) is 0 Å². The third-order valence-corrected chi connectivity index (χ3v) is 4.57. The number of methoxy groups -OCH3 is 1. The van der Waals surface area contributed by atoms with Gasteiger partial charge in [0.2, 0.25) is 5.95 Å².